The van der Waals surface area contributed by atoms with Crippen molar-refractivity contribution in [3.05, 3.63) is 46.1 Å². The lowest BCUT2D eigenvalue weighted by atomic mass is 9.80. The molecule has 3 rings (SSSR count). The number of ether oxygens (including phenoxy) is 1. The van der Waals surface area contributed by atoms with E-state index >= 15 is 0 Å². The van der Waals surface area contributed by atoms with Gasteiger partial charge in [0.2, 0.25) is 0 Å². The van der Waals surface area contributed by atoms with Crippen molar-refractivity contribution < 1.29 is 19.4 Å². The van der Waals surface area contributed by atoms with Gasteiger partial charge in [0.15, 0.2) is 0 Å². The molecule has 170 valence electrons. The third-order valence-corrected chi connectivity index (χ3v) is 6.93. The third kappa shape index (κ3) is 5.80. The fourth-order valence-corrected chi connectivity index (χ4v) is 4.89. The van der Waals surface area contributed by atoms with E-state index in [1.54, 1.807) is 13.3 Å². The van der Waals surface area contributed by atoms with Gasteiger partial charge < -0.3 is 20.1 Å². The van der Waals surface area contributed by atoms with E-state index in [1.165, 1.54) is 37.0 Å². The molecule has 2 amide bonds. The molecule has 1 aromatic carbocycles. The molecule has 2 aliphatic rings. The number of hydrogen-bond donors (Lipinski definition) is 2. The van der Waals surface area contributed by atoms with Gasteiger partial charge in [-0.2, -0.15) is 0 Å². The van der Waals surface area contributed by atoms with E-state index in [0.29, 0.717) is 18.9 Å². The zero-order valence-electron chi connectivity index (χ0n) is 18.5. The molecule has 0 spiro atoms. The smallest absolute Gasteiger partial charge is 0.322 e. The lowest BCUT2D eigenvalue weighted by Gasteiger charge is -2.41. The minimum atomic E-state index is -0.937. The van der Waals surface area contributed by atoms with Crippen LogP contribution in [0, 0.1) is 5.92 Å². The van der Waals surface area contributed by atoms with E-state index in [2.05, 4.69) is 17.4 Å². The number of rotatable bonds is 9. The molecule has 1 atom stereocenters. The minimum absolute atomic E-state index is 0.111. The van der Waals surface area contributed by atoms with Gasteiger partial charge in [0.05, 0.1) is 18.6 Å². The Balaban J connectivity index is 1.85. The fourth-order valence-electron chi connectivity index (χ4n) is 4.63. The highest BCUT2D eigenvalue weighted by Gasteiger charge is 2.38. The number of nitrogens with one attached hydrogen (secondary N) is 1. The zero-order chi connectivity index (χ0) is 22.4. The van der Waals surface area contributed by atoms with Crippen LogP contribution in [0.3, 0.4) is 0 Å². The monoisotopic (exact) mass is 448 g/mol. The van der Waals surface area contributed by atoms with Crippen molar-refractivity contribution in [2.45, 2.75) is 63.8 Å². The summed E-state index contributed by atoms with van der Waals surface area (Å²) in [6.45, 7) is 2.58. The van der Waals surface area contributed by atoms with Gasteiger partial charge in [0.25, 0.3) is 0 Å². The molecule has 0 saturated heterocycles. The quantitative estimate of drug-likeness (QED) is 0.551. The van der Waals surface area contributed by atoms with Crippen molar-refractivity contribution in [1.29, 1.82) is 0 Å². The molecule has 6 nitrogen and oxygen atoms in total. The normalized spacial score (nSPS) is 22.2. The Morgan fingerprint density at radius 1 is 1.32 bits per heavy atom. The minimum Gasteiger partial charge on any atom is -0.481 e. The van der Waals surface area contributed by atoms with Gasteiger partial charge in [-0.25, -0.2) is 4.79 Å². The number of carbonyl (C=O) groups is 2. The fraction of sp³-hybridized carbons (Fsp3) is 0.583. The molecule has 1 fully saturated rings. The molecule has 2 N–H and O–H groups in total. The Labute approximate surface area is 189 Å². The van der Waals surface area contributed by atoms with Gasteiger partial charge in [-0.15, -0.1) is 0 Å². The van der Waals surface area contributed by atoms with Gasteiger partial charge in [0.1, 0.15) is 0 Å². The summed E-state index contributed by atoms with van der Waals surface area (Å²) >= 11 is 6.70. The van der Waals surface area contributed by atoms with Crippen LogP contribution in [0.5, 0.6) is 0 Å². The van der Waals surface area contributed by atoms with Crippen molar-refractivity contribution in [3.63, 3.8) is 0 Å². The molecule has 0 bridgehead atoms. The summed E-state index contributed by atoms with van der Waals surface area (Å²) in [4.78, 5) is 25.1. The average molecular weight is 449 g/mol. The lowest BCUT2D eigenvalue weighted by Crippen LogP contribution is -2.54. The predicted molar refractivity (Wildman–Crippen MR) is 121 cm³/mol. The molecule has 7 heteroatoms. The Hall–Kier alpha value is -2.05. The van der Waals surface area contributed by atoms with Crippen molar-refractivity contribution in [2.24, 2.45) is 5.92 Å². The van der Waals surface area contributed by atoms with E-state index in [0.717, 1.165) is 28.1 Å². The Bertz CT molecular complexity index is 835. The van der Waals surface area contributed by atoms with Crippen molar-refractivity contribution >= 4 is 23.6 Å². The molecular weight excluding hydrogens is 416 g/mol. The number of carbonyl (C=O) groups excluding carboxylic acids is 1. The van der Waals surface area contributed by atoms with Gasteiger partial charge in [0, 0.05) is 24.9 Å². The topological polar surface area (TPSA) is 78.9 Å². The molecule has 1 saturated carbocycles. The molecule has 1 heterocycles. The number of methoxy groups -OCH3 is 1. The van der Waals surface area contributed by atoms with Crippen LogP contribution in [0.25, 0.3) is 0 Å². The van der Waals surface area contributed by atoms with Crippen LogP contribution in [0.15, 0.2) is 30.0 Å². The van der Waals surface area contributed by atoms with Crippen molar-refractivity contribution in [1.82, 2.24) is 10.2 Å². The molecule has 1 aliphatic heterocycles. The largest absolute Gasteiger partial charge is 0.481 e. The maximum absolute atomic E-state index is 12.7. The SMILES string of the molecule is COCCC1=CN(CCC(=O)O)C(=O)N[C@@]1(C)c1ccc(CC2CCCCC2)c(Cl)c1. The summed E-state index contributed by atoms with van der Waals surface area (Å²) in [5, 5.41) is 12.8. The Kier molecular flexibility index (Phi) is 8.00. The summed E-state index contributed by atoms with van der Waals surface area (Å²) < 4.78 is 5.27. The van der Waals surface area contributed by atoms with Crippen LogP contribution in [0.1, 0.15) is 63.0 Å². The molecule has 0 radical (unpaired) electrons. The second-order valence-corrected chi connectivity index (χ2v) is 9.21. The number of halogens is 1. The van der Waals surface area contributed by atoms with Crippen LogP contribution in [-0.2, 0) is 21.5 Å². The maximum atomic E-state index is 12.7. The van der Waals surface area contributed by atoms with Crippen LogP contribution >= 0.6 is 11.6 Å². The number of benzene rings is 1. The molecule has 0 aromatic heterocycles. The number of carboxylic acids is 1. The number of carboxylic acid groups (broad SMARTS) is 1. The summed E-state index contributed by atoms with van der Waals surface area (Å²) in [7, 11) is 1.64. The average Bonchev–Trinajstić information content (AvgIpc) is 2.74. The van der Waals surface area contributed by atoms with Crippen LogP contribution in [-0.4, -0.2) is 42.3 Å². The zero-order valence-corrected chi connectivity index (χ0v) is 19.2. The first-order valence-electron chi connectivity index (χ1n) is 11.1. The summed E-state index contributed by atoms with van der Waals surface area (Å²) in [5.74, 6) is -0.240. The molecule has 1 aliphatic carbocycles. The van der Waals surface area contributed by atoms with Crippen LogP contribution < -0.4 is 5.32 Å². The van der Waals surface area contributed by atoms with Gasteiger partial charge in [-0.1, -0.05) is 55.8 Å². The number of aliphatic carboxylic acids is 1. The standard InChI is InChI=1S/C24H33ClN2O4/c1-24(19-9-8-18(21(25)15-19)14-17-6-4-3-5-7-17)20(11-13-31-2)16-27(23(30)26-24)12-10-22(28)29/h8-9,15-17H,3-7,10-14H2,1-2H3,(H,26,30)(H,28,29)/t24-/m0/s1. The summed E-state index contributed by atoms with van der Waals surface area (Å²) in [5.41, 5.74) is 2.30. The maximum Gasteiger partial charge on any atom is 0.322 e. The first-order valence-corrected chi connectivity index (χ1v) is 11.5. The predicted octanol–water partition coefficient (Wildman–Crippen LogP) is 5.10. The summed E-state index contributed by atoms with van der Waals surface area (Å²) in [6.07, 6.45) is 9.73. The van der Waals surface area contributed by atoms with E-state index in [9.17, 15) is 9.59 Å². The van der Waals surface area contributed by atoms with E-state index in [1.807, 2.05) is 13.0 Å². The highest BCUT2D eigenvalue weighted by atomic mass is 35.5. The molecule has 0 unspecified atom stereocenters. The summed E-state index contributed by atoms with van der Waals surface area (Å²) in [6, 6.07) is 5.80. The number of hydrogen-bond acceptors (Lipinski definition) is 3. The Morgan fingerprint density at radius 2 is 2.06 bits per heavy atom. The lowest BCUT2D eigenvalue weighted by molar-refractivity contribution is -0.137. The first kappa shape index (κ1) is 23.6. The Morgan fingerprint density at radius 3 is 2.71 bits per heavy atom. The number of amides is 2. The number of urea groups is 1. The highest BCUT2D eigenvalue weighted by molar-refractivity contribution is 6.31. The molecule has 1 aromatic rings. The van der Waals surface area contributed by atoms with Gasteiger partial charge in [-0.3, -0.25) is 4.79 Å². The van der Waals surface area contributed by atoms with Gasteiger partial charge in [-0.05, 0) is 48.4 Å². The first-order chi connectivity index (χ1) is 14.8. The van der Waals surface area contributed by atoms with Crippen molar-refractivity contribution in [3.8, 4) is 0 Å². The van der Waals surface area contributed by atoms with E-state index in [4.69, 9.17) is 21.4 Å². The third-order valence-electron chi connectivity index (χ3n) is 6.58. The molecule has 31 heavy (non-hydrogen) atoms. The van der Waals surface area contributed by atoms with Crippen LogP contribution in [0.2, 0.25) is 5.02 Å². The number of nitrogens with zero attached hydrogens (tertiary/aromatic N) is 1. The second-order valence-electron chi connectivity index (χ2n) is 8.80. The molecular formula is C24H33ClN2O4. The van der Waals surface area contributed by atoms with Crippen LogP contribution in [0.4, 0.5) is 4.79 Å². The van der Waals surface area contributed by atoms with E-state index < -0.39 is 11.5 Å². The van der Waals surface area contributed by atoms with Gasteiger partial charge >= 0.3 is 12.0 Å². The van der Waals surface area contributed by atoms with Crippen molar-refractivity contribution in [2.75, 3.05) is 20.3 Å². The second kappa shape index (κ2) is 10.5. The highest BCUT2D eigenvalue weighted by Crippen LogP contribution is 2.37. The van der Waals surface area contributed by atoms with E-state index in [-0.39, 0.29) is 19.0 Å².